The Hall–Kier alpha value is -1.13. The van der Waals surface area contributed by atoms with Gasteiger partial charge in [0.15, 0.2) is 11.5 Å². The Morgan fingerprint density at radius 1 is 1.25 bits per heavy atom. The number of fused-ring (bicyclic) bond motifs is 1. The van der Waals surface area contributed by atoms with Crippen LogP contribution in [0, 0.1) is 5.41 Å². The van der Waals surface area contributed by atoms with Crippen LogP contribution in [-0.4, -0.2) is 23.5 Å². The van der Waals surface area contributed by atoms with E-state index in [2.05, 4.69) is 5.32 Å². The predicted molar refractivity (Wildman–Crippen MR) is 77.8 cm³/mol. The highest BCUT2D eigenvalue weighted by Gasteiger charge is 2.67. The third kappa shape index (κ3) is 2.31. The number of benzene rings is 1. The molecule has 1 aromatic rings. The van der Waals surface area contributed by atoms with Gasteiger partial charge in [-0.2, -0.15) is 0 Å². The van der Waals surface area contributed by atoms with Crippen molar-refractivity contribution in [2.45, 2.75) is 24.1 Å². The standard InChI is InChI=1S/C14H15Cl2NO3/c1-13(8-14(13,15)16)12(18)17-9-3-4-10-11(7-9)20-6-2-5-19-10/h3-4,7H,2,5-6,8H2,1H3,(H,17,18). The second kappa shape index (κ2) is 4.71. The minimum absolute atomic E-state index is 0.183. The van der Waals surface area contributed by atoms with Crippen LogP contribution in [0.4, 0.5) is 5.69 Å². The third-order valence-electron chi connectivity index (χ3n) is 3.76. The number of ether oxygens (including phenoxy) is 2. The Morgan fingerprint density at radius 2 is 1.90 bits per heavy atom. The van der Waals surface area contributed by atoms with Crippen LogP contribution in [0.25, 0.3) is 0 Å². The van der Waals surface area contributed by atoms with Crippen molar-refractivity contribution in [3.8, 4) is 11.5 Å². The lowest BCUT2D eigenvalue weighted by molar-refractivity contribution is -0.120. The molecule has 0 spiro atoms. The number of anilines is 1. The van der Waals surface area contributed by atoms with Crippen LogP contribution in [0.5, 0.6) is 11.5 Å². The van der Waals surface area contributed by atoms with Crippen molar-refractivity contribution in [3.63, 3.8) is 0 Å². The molecule has 2 aliphatic rings. The smallest absolute Gasteiger partial charge is 0.233 e. The molecular weight excluding hydrogens is 301 g/mol. The van der Waals surface area contributed by atoms with Crippen molar-refractivity contribution in [2.24, 2.45) is 5.41 Å². The van der Waals surface area contributed by atoms with Gasteiger partial charge >= 0.3 is 0 Å². The largest absolute Gasteiger partial charge is 0.490 e. The van der Waals surface area contributed by atoms with E-state index in [4.69, 9.17) is 32.7 Å². The number of rotatable bonds is 2. The van der Waals surface area contributed by atoms with Crippen molar-refractivity contribution in [3.05, 3.63) is 18.2 Å². The third-order valence-corrected chi connectivity index (χ3v) is 4.87. The van der Waals surface area contributed by atoms with E-state index < -0.39 is 9.75 Å². The van der Waals surface area contributed by atoms with E-state index in [0.717, 1.165) is 6.42 Å². The van der Waals surface area contributed by atoms with Gasteiger partial charge in [0.05, 0.1) is 18.6 Å². The van der Waals surface area contributed by atoms with Crippen molar-refractivity contribution in [1.29, 1.82) is 0 Å². The summed E-state index contributed by atoms with van der Waals surface area (Å²) in [6.07, 6.45) is 1.30. The van der Waals surface area contributed by atoms with Crippen LogP contribution in [-0.2, 0) is 4.79 Å². The molecule has 0 aromatic heterocycles. The summed E-state index contributed by atoms with van der Waals surface area (Å²) < 4.78 is 10.2. The zero-order valence-electron chi connectivity index (χ0n) is 11.0. The molecule has 6 heteroatoms. The maximum absolute atomic E-state index is 12.2. The molecule has 1 N–H and O–H groups in total. The molecule has 4 nitrogen and oxygen atoms in total. The second-order valence-corrected chi connectivity index (χ2v) is 6.86. The molecule has 3 rings (SSSR count). The normalized spacial score (nSPS) is 26.6. The number of halogens is 2. The number of amides is 1. The summed E-state index contributed by atoms with van der Waals surface area (Å²) in [6, 6.07) is 5.33. The fourth-order valence-electron chi connectivity index (χ4n) is 2.16. The molecule has 1 aliphatic carbocycles. The molecule has 1 saturated carbocycles. The molecule has 1 fully saturated rings. The quantitative estimate of drug-likeness (QED) is 0.851. The average Bonchev–Trinajstić information content (AvgIpc) is 3.00. The summed E-state index contributed by atoms with van der Waals surface area (Å²) in [4.78, 5) is 12.2. The van der Waals surface area contributed by atoms with Crippen LogP contribution >= 0.6 is 23.2 Å². The van der Waals surface area contributed by atoms with Crippen molar-refractivity contribution >= 4 is 34.8 Å². The van der Waals surface area contributed by atoms with E-state index in [-0.39, 0.29) is 5.91 Å². The number of alkyl halides is 2. The number of carbonyl (C=O) groups is 1. The van der Waals surface area contributed by atoms with Crippen molar-refractivity contribution < 1.29 is 14.3 Å². The van der Waals surface area contributed by atoms with E-state index in [0.29, 0.717) is 36.8 Å². The molecule has 0 saturated heterocycles. The molecule has 1 aliphatic heterocycles. The minimum atomic E-state index is -0.970. The monoisotopic (exact) mass is 315 g/mol. The van der Waals surface area contributed by atoms with Gasteiger partial charge in [-0.3, -0.25) is 4.79 Å². The Kier molecular flexibility index (Phi) is 3.26. The van der Waals surface area contributed by atoms with Gasteiger partial charge in [0, 0.05) is 18.2 Å². The first-order valence-electron chi connectivity index (χ1n) is 6.51. The molecule has 1 atom stereocenters. The highest BCUT2D eigenvalue weighted by atomic mass is 35.5. The molecule has 1 heterocycles. The lowest BCUT2D eigenvalue weighted by Crippen LogP contribution is -2.25. The number of hydrogen-bond donors (Lipinski definition) is 1. The van der Waals surface area contributed by atoms with Crippen LogP contribution in [0.15, 0.2) is 18.2 Å². The van der Waals surface area contributed by atoms with Crippen LogP contribution in [0.3, 0.4) is 0 Å². The van der Waals surface area contributed by atoms with Gasteiger partial charge < -0.3 is 14.8 Å². The second-order valence-electron chi connectivity index (χ2n) is 5.38. The van der Waals surface area contributed by atoms with E-state index in [1.165, 1.54) is 0 Å². The topological polar surface area (TPSA) is 47.6 Å². The number of nitrogens with one attached hydrogen (secondary N) is 1. The first-order valence-corrected chi connectivity index (χ1v) is 7.27. The van der Waals surface area contributed by atoms with Crippen molar-refractivity contribution in [1.82, 2.24) is 0 Å². The van der Waals surface area contributed by atoms with E-state index >= 15 is 0 Å². The Morgan fingerprint density at radius 3 is 2.55 bits per heavy atom. The van der Waals surface area contributed by atoms with Gasteiger partial charge in [-0.05, 0) is 25.5 Å². The van der Waals surface area contributed by atoms with Gasteiger partial charge in [-0.25, -0.2) is 0 Å². The molecule has 20 heavy (non-hydrogen) atoms. The summed E-state index contributed by atoms with van der Waals surface area (Å²) in [6.45, 7) is 3.00. The number of hydrogen-bond acceptors (Lipinski definition) is 3. The molecular formula is C14H15Cl2NO3. The summed E-state index contributed by atoms with van der Waals surface area (Å²) in [5.41, 5.74) is -0.0863. The maximum atomic E-state index is 12.2. The fourth-order valence-corrected chi connectivity index (χ4v) is 2.86. The maximum Gasteiger partial charge on any atom is 0.233 e. The van der Waals surface area contributed by atoms with E-state index in [1.54, 1.807) is 25.1 Å². The highest BCUT2D eigenvalue weighted by molar-refractivity contribution is 6.53. The van der Waals surface area contributed by atoms with Crippen LogP contribution in [0.2, 0.25) is 0 Å². The SMILES string of the molecule is CC1(C(=O)Nc2ccc3c(c2)OCCCO3)CC1(Cl)Cl. The highest BCUT2D eigenvalue weighted by Crippen LogP contribution is 2.64. The summed E-state index contributed by atoms with van der Waals surface area (Å²) in [5.74, 6) is 1.16. The average molecular weight is 316 g/mol. The summed E-state index contributed by atoms with van der Waals surface area (Å²) in [7, 11) is 0. The Balaban J connectivity index is 1.76. The molecule has 108 valence electrons. The lowest BCUT2D eigenvalue weighted by Gasteiger charge is -2.14. The van der Waals surface area contributed by atoms with Gasteiger partial charge in [0.2, 0.25) is 5.91 Å². The van der Waals surface area contributed by atoms with Gasteiger partial charge in [0.1, 0.15) is 4.33 Å². The predicted octanol–water partition coefficient (Wildman–Crippen LogP) is 3.37. The van der Waals surface area contributed by atoms with Crippen molar-refractivity contribution in [2.75, 3.05) is 18.5 Å². The molecule has 1 unspecified atom stereocenters. The van der Waals surface area contributed by atoms with Gasteiger partial charge in [0.25, 0.3) is 0 Å². The zero-order valence-corrected chi connectivity index (χ0v) is 12.6. The lowest BCUT2D eigenvalue weighted by atomic mass is 10.1. The molecule has 1 amide bonds. The summed E-state index contributed by atoms with van der Waals surface area (Å²) in [5, 5.41) is 2.83. The first kappa shape index (κ1) is 13.8. The minimum Gasteiger partial charge on any atom is -0.490 e. The molecule has 0 bridgehead atoms. The Labute approximate surface area is 127 Å². The first-order chi connectivity index (χ1) is 9.42. The van der Waals surface area contributed by atoms with E-state index in [9.17, 15) is 4.79 Å². The Bertz CT molecular complexity index is 561. The van der Waals surface area contributed by atoms with Gasteiger partial charge in [-0.1, -0.05) is 0 Å². The van der Waals surface area contributed by atoms with Gasteiger partial charge in [-0.15, -0.1) is 23.2 Å². The summed E-state index contributed by atoms with van der Waals surface area (Å²) >= 11 is 12.0. The van der Waals surface area contributed by atoms with E-state index in [1.807, 2.05) is 0 Å². The zero-order chi connectivity index (χ0) is 14.4. The van der Waals surface area contributed by atoms with Crippen LogP contribution in [0.1, 0.15) is 19.8 Å². The van der Waals surface area contributed by atoms with Crippen LogP contribution < -0.4 is 14.8 Å². The fraction of sp³-hybridized carbons (Fsp3) is 0.500. The molecule has 1 aromatic carbocycles. The molecule has 0 radical (unpaired) electrons. The number of carbonyl (C=O) groups excluding carboxylic acids is 1.